The van der Waals surface area contributed by atoms with Gasteiger partial charge in [0, 0.05) is 11.6 Å². The predicted octanol–water partition coefficient (Wildman–Crippen LogP) is 1.68. The van der Waals surface area contributed by atoms with Gasteiger partial charge in [-0.15, -0.1) is 0 Å². The van der Waals surface area contributed by atoms with Gasteiger partial charge >= 0.3 is 0 Å². The van der Waals surface area contributed by atoms with Crippen molar-refractivity contribution in [3.05, 3.63) is 56.1 Å². The first-order valence-corrected chi connectivity index (χ1v) is 5.06. The number of nitro benzene ring substituents is 2. The van der Waals surface area contributed by atoms with Crippen molar-refractivity contribution in [2.75, 3.05) is 0 Å². The molecule has 100 valence electrons. The number of nitrogens with zero attached hydrogens (tertiary/aromatic N) is 2. The molecule has 8 heteroatoms. The molecular formula is C11H10N2O6. The molecule has 1 rings (SSSR count). The van der Waals surface area contributed by atoms with E-state index < -0.39 is 33.1 Å². The van der Waals surface area contributed by atoms with Crippen LogP contribution in [0, 0.1) is 20.2 Å². The number of ketones is 1. The minimum absolute atomic E-state index is 0.212. The minimum atomic E-state index is -1.57. The molecule has 0 aliphatic heterocycles. The van der Waals surface area contributed by atoms with Crippen LogP contribution in [-0.4, -0.2) is 20.7 Å². The Morgan fingerprint density at radius 3 is 2.32 bits per heavy atom. The van der Waals surface area contributed by atoms with E-state index in [0.29, 0.717) is 0 Å². The molecule has 0 fully saturated rings. The summed E-state index contributed by atoms with van der Waals surface area (Å²) in [7, 11) is 0. The van der Waals surface area contributed by atoms with E-state index >= 15 is 0 Å². The van der Waals surface area contributed by atoms with Crippen molar-refractivity contribution in [2.45, 2.75) is 13.0 Å². The molecule has 19 heavy (non-hydrogen) atoms. The second-order valence-electron chi connectivity index (χ2n) is 3.74. The topological polar surface area (TPSA) is 124 Å². The molecule has 0 radical (unpaired) electrons. The van der Waals surface area contributed by atoms with Crippen LogP contribution >= 0.6 is 0 Å². The van der Waals surface area contributed by atoms with Crippen molar-refractivity contribution in [1.29, 1.82) is 0 Å². The van der Waals surface area contributed by atoms with Crippen molar-refractivity contribution in [1.82, 2.24) is 0 Å². The Balaban J connectivity index is 3.35. The third kappa shape index (κ3) is 2.99. The first-order valence-electron chi connectivity index (χ1n) is 5.06. The molecule has 0 aliphatic carbocycles. The minimum Gasteiger partial charge on any atom is -0.383 e. The second-order valence-corrected chi connectivity index (χ2v) is 3.74. The van der Waals surface area contributed by atoms with Crippen LogP contribution in [0.25, 0.3) is 0 Å². The molecule has 8 nitrogen and oxygen atoms in total. The highest BCUT2D eigenvalue weighted by molar-refractivity contribution is 5.94. The van der Waals surface area contributed by atoms with Crippen LogP contribution in [-0.2, 0) is 4.79 Å². The van der Waals surface area contributed by atoms with Gasteiger partial charge < -0.3 is 5.11 Å². The quantitative estimate of drug-likeness (QED) is 0.491. The maximum atomic E-state index is 11.1. The van der Waals surface area contributed by atoms with Crippen LogP contribution in [0.4, 0.5) is 11.4 Å². The van der Waals surface area contributed by atoms with E-state index in [1.54, 1.807) is 0 Å². The summed E-state index contributed by atoms with van der Waals surface area (Å²) >= 11 is 0. The summed E-state index contributed by atoms with van der Waals surface area (Å²) in [6, 6.07) is 2.78. The van der Waals surface area contributed by atoms with Gasteiger partial charge in [0.2, 0.25) is 0 Å². The van der Waals surface area contributed by atoms with Crippen molar-refractivity contribution in [3.8, 4) is 0 Å². The summed E-state index contributed by atoms with van der Waals surface area (Å²) in [5.74, 6) is -0.528. The van der Waals surface area contributed by atoms with Gasteiger partial charge in [-0.3, -0.25) is 25.0 Å². The summed E-state index contributed by atoms with van der Waals surface area (Å²) < 4.78 is 0. The maximum Gasteiger partial charge on any atom is 0.282 e. The average molecular weight is 266 g/mol. The molecule has 1 N–H and O–H groups in total. The standard InChI is InChI=1S/C11H10N2O6/c1-6(7(2)14)11(15)9-4-3-8(12(16)17)5-10(9)13(18)19/h3-5,11,15H,1H2,2H3/t11-/m0/s1. The molecular weight excluding hydrogens is 256 g/mol. The van der Waals surface area contributed by atoms with Crippen molar-refractivity contribution in [3.63, 3.8) is 0 Å². The van der Waals surface area contributed by atoms with Gasteiger partial charge in [0.1, 0.15) is 6.10 Å². The smallest absolute Gasteiger partial charge is 0.282 e. The van der Waals surface area contributed by atoms with Crippen molar-refractivity contribution >= 4 is 17.2 Å². The summed E-state index contributed by atoms with van der Waals surface area (Å²) in [4.78, 5) is 30.8. The van der Waals surface area contributed by atoms with E-state index in [0.717, 1.165) is 25.1 Å². The Bertz CT molecular complexity index is 581. The maximum absolute atomic E-state index is 11.1. The zero-order valence-corrected chi connectivity index (χ0v) is 9.90. The van der Waals surface area contributed by atoms with Crippen LogP contribution in [0.15, 0.2) is 30.4 Å². The lowest BCUT2D eigenvalue weighted by molar-refractivity contribution is -0.394. The molecule has 0 heterocycles. The van der Waals surface area contributed by atoms with Gasteiger partial charge in [-0.1, -0.05) is 6.58 Å². The summed E-state index contributed by atoms with van der Waals surface area (Å²) in [6.45, 7) is 4.49. The largest absolute Gasteiger partial charge is 0.383 e. The molecule has 0 aromatic heterocycles. The second kappa shape index (κ2) is 5.36. The summed E-state index contributed by atoms with van der Waals surface area (Å²) in [6.07, 6.45) is -1.57. The highest BCUT2D eigenvalue weighted by Gasteiger charge is 2.26. The van der Waals surface area contributed by atoms with E-state index in [9.17, 15) is 30.1 Å². The summed E-state index contributed by atoms with van der Waals surface area (Å²) in [5.41, 5.74) is -1.55. The van der Waals surface area contributed by atoms with Crippen LogP contribution < -0.4 is 0 Å². The highest BCUT2D eigenvalue weighted by Crippen LogP contribution is 2.32. The number of carbonyl (C=O) groups is 1. The average Bonchev–Trinajstić information content (AvgIpc) is 2.35. The first-order chi connectivity index (χ1) is 8.75. The molecule has 0 saturated heterocycles. The lowest BCUT2D eigenvalue weighted by Crippen LogP contribution is -2.10. The predicted molar refractivity (Wildman–Crippen MR) is 64.5 cm³/mol. The van der Waals surface area contributed by atoms with E-state index in [2.05, 4.69) is 6.58 Å². The number of nitro groups is 2. The molecule has 0 amide bonds. The third-order valence-electron chi connectivity index (χ3n) is 2.50. The molecule has 0 aliphatic rings. The van der Waals surface area contributed by atoms with Gasteiger partial charge in [0.05, 0.1) is 21.5 Å². The van der Waals surface area contributed by atoms with Crippen LogP contribution in [0.5, 0.6) is 0 Å². The van der Waals surface area contributed by atoms with Crippen LogP contribution in [0.3, 0.4) is 0 Å². The molecule has 0 bridgehead atoms. The van der Waals surface area contributed by atoms with Gasteiger partial charge in [0.25, 0.3) is 11.4 Å². The number of hydrogen-bond acceptors (Lipinski definition) is 6. The van der Waals surface area contributed by atoms with Crippen molar-refractivity contribution < 1.29 is 19.7 Å². The Hall–Kier alpha value is -2.61. The SMILES string of the molecule is C=C(C(C)=O)[C@H](O)c1ccc([N+](=O)[O-])cc1[N+](=O)[O-]. The number of carbonyl (C=O) groups excluding carboxylic acids is 1. The molecule has 1 atom stereocenters. The van der Waals surface area contributed by atoms with E-state index in [4.69, 9.17) is 0 Å². The molecule has 0 saturated carbocycles. The first kappa shape index (κ1) is 14.5. The number of non-ortho nitro benzene ring substituents is 1. The Morgan fingerprint density at radius 2 is 1.89 bits per heavy atom. The zero-order valence-electron chi connectivity index (χ0n) is 9.90. The fourth-order valence-electron chi connectivity index (χ4n) is 1.42. The fourth-order valence-corrected chi connectivity index (χ4v) is 1.42. The van der Waals surface area contributed by atoms with Gasteiger partial charge in [0.15, 0.2) is 5.78 Å². The van der Waals surface area contributed by atoms with E-state index in [1.807, 2.05) is 0 Å². The number of Topliss-reactive ketones (excluding diaryl/α,β-unsaturated/α-hetero) is 1. The lowest BCUT2D eigenvalue weighted by atomic mass is 9.98. The van der Waals surface area contributed by atoms with E-state index in [1.165, 1.54) is 0 Å². The van der Waals surface area contributed by atoms with Crippen LogP contribution in [0.1, 0.15) is 18.6 Å². The molecule has 1 aromatic carbocycles. The number of aliphatic hydroxyl groups excluding tert-OH is 1. The van der Waals surface area contributed by atoms with E-state index in [-0.39, 0.29) is 11.1 Å². The van der Waals surface area contributed by atoms with Gasteiger partial charge in [-0.2, -0.15) is 0 Å². The normalized spacial score (nSPS) is 11.7. The third-order valence-corrected chi connectivity index (χ3v) is 2.50. The monoisotopic (exact) mass is 266 g/mol. The Kier molecular flexibility index (Phi) is 4.07. The lowest BCUT2D eigenvalue weighted by Gasteiger charge is -2.11. The van der Waals surface area contributed by atoms with Gasteiger partial charge in [-0.25, -0.2) is 0 Å². The summed E-state index contributed by atoms with van der Waals surface area (Å²) in [5, 5.41) is 31.2. The fraction of sp³-hybridized carbons (Fsp3) is 0.182. The number of benzene rings is 1. The van der Waals surface area contributed by atoms with Crippen LogP contribution in [0.2, 0.25) is 0 Å². The molecule has 0 unspecified atom stereocenters. The number of rotatable bonds is 5. The van der Waals surface area contributed by atoms with Crippen molar-refractivity contribution in [2.24, 2.45) is 0 Å². The van der Waals surface area contributed by atoms with Gasteiger partial charge in [-0.05, 0) is 13.0 Å². The number of aliphatic hydroxyl groups is 1. The highest BCUT2D eigenvalue weighted by atomic mass is 16.6. The number of hydrogen-bond donors (Lipinski definition) is 1. The zero-order chi connectivity index (χ0) is 14.7. The molecule has 0 spiro atoms. The molecule has 1 aromatic rings. The Labute approximate surface area is 107 Å². The Morgan fingerprint density at radius 1 is 1.32 bits per heavy atom.